The third kappa shape index (κ3) is 6.31. The molecule has 1 fully saturated rings. The number of carbonyl (C=O) groups is 2. The molecule has 0 aliphatic carbocycles. The molecule has 0 unspecified atom stereocenters. The number of nitrogens with one attached hydrogen (secondary N) is 2. The third-order valence-corrected chi connectivity index (χ3v) is 8.70. The minimum absolute atomic E-state index is 0.227. The summed E-state index contributed by atoms with van der Waals surface area (Å²) in [5.74, 6) is 1.21. The molecule has 3 atom stereocenters. The minimum atomic E-state index is -0.691. The van der Waals surface area contributed by atoms with Gasteiger partial charge in [-0.15, -0.1) is 5.10 Å². The van der Waals surface area contributed by atoms with E-state index in [0.29, 0.717) is 46.2 Å². The van der Waals surface area contributed by atoms with Crippen LogP contribution >= 0.6 is 11.6 Å². The lowest BCUT2D eigenvalue weighted by atomic mass is 10.0. The van der Waals surface area contributed by atoms with Gasteiger partial charge in [-0.05, 0) is 58.1 Å². The van der Waals surface area contributed by atoms with Crippen molar-refractivity contribution in [3.8, 4) is 11.3 Å². The number of anilines is 3. The van der Waals surface area contributed by atoms with Gasteiger partial charge in [-0.1, -0.05) is 29.8 Å². The molecule has 234 valence electrons. The van der Waals surface area contributed by atoms with Crippen molar-refractivity contribution in [3.05, 3.63) is 70.6 Å². The highest BCUT2D eigenvalue weighted by atomic mass is 35.5. The maximum atomic E-state index is 13.6. The van der Waals surface area contributed by atoms with E-state index < -0.39 is 6.04 Å². The summed E-state index contributed by atoms with van der Waals surface area (Å²) in [6.07, 6.45) is 4.14. The van der Waals surface area contributed by atoms with E-state index in [1.807, 2.05) is 37.3 Å². The summed E-state index contributed by atoms with van der Waals surface area (Å²) in [4.78, 5) is 48.1. The number of fused-ring (bicyclic) bond motifs is 1. The van der Waals surface area contributed by atoms with Gasteiger partial charge in [-0.3, -0.25) is 9.59 Å². The second-order valence-corrected chi connectivity index (χ2v) is 12.1. The quantitative estimate of drug-likeness (QED) is 0.283. The zero-order valence-corrected chi connectivity index (χ0v) is 26.7. The van der Waals surface area contributed by atoms with Crippen LogP contribution in [0.3, 0.4) is 0 Å². The molecule has 0 radical (unpaired) electrons. The Balaban J connectivity index is 1.13. The highest BCUT2D eigenvalue weighted by Gasteiger charge is 2.35. The van der Waals surface area contributed by atoms with Gasteiger partial charge in [-0.25, -0.2) is 15.0 Å². The molecule has 2 amide bonds. The van der Waals surface area contributed by atoms with Crippen molar-refractivity contribution < 1.29 is 9.59 Å². The van der Waals surface area contributed by atoms with Gasteiger partial charge in [0.25, 0.3) is 5.91 Å². The Morgan fingerprint density at radius 3 is 2.69 bits per heavy atom. The number of halogens is 1. The maximum absolute atomic E-state index is 13.6. The van der Waals surface area contributed by atoms with Crippen LogP contribution in [0.2, 0.25) is 5.02 Å². The number of hydrogen-bond acceptors (Lipinski definition) is 10. The van der Waals surface area contributed by atoms with Gasteiger partial charge in [0, 0.05) is 43.9 Å². The van der Waals surface area contributed by atoms with Crippen LogP contribution < -0.4 is 15.5 Å². The normalized spacial score (nSPS) is 17.5. The van der Waals surface area contributed by atoms with E-state index in [9.17, 15) is 9.59 Å². The van der Waals surface area contributed by atoms with E-state index in [2.05, 4.69) is 54.7 Å². The van der Waals surface area contributed by atoms with Crippen LogP contribution in [-0.4, -0.2) is 90.8 Å². The Morgan fingerprint density at radius 2 is 1.96 bits per heavy atom. The number of nitrogens with zero attached hydrogens (tertiary/aromatic N) is 9. The Kier molecular flexibility index (Phi) is 8.38. The largest absolute Gasteiger partial charge is 0.355 e. The molecule has 2 aliphatic heterocycles. The highest BCUT2D eigenvalue weighted by molar-refractivity contribution is 6.33. The van der Waals surface area contributed by atoms with Crippen molar-refractivity contribution >= 4 is 41.0 Å². The summed E-state index contributed by atoms with van der Waals surface area (Å²) in [7, 11) is 5.91. The smallest absolute Gasteiger partial charge is 0.255 e. The van der Waals surface area contributed by atoms with E-state index in [1.54, 1.807) is 31.1 Å². The number of rotatable bonds is 9. The molecule has 45 heavy (non-hydrogen) atoms. The first-order chi connectivity index (χ1) is 21.6. The van der Waals surface area contributed by atoms with Gasteiger partial charge >= 0.3 is 0 Å². The van der Waals surface area contributed by atoms with Crippen LogP contribution in [-0.2, 0) is 18.4 Å². The Labute approximate surface area is 266 Å². The molecule has 2 aliphatic rings. The van der Waals surface area contributed by atoms with Crippen LogP contribution in [0.5, 0.6) is 0 Å². The molecule has 5 heterocycles. The average molecular weight is 630 g/mol. The molecular formula is C31H36ClN11O2. The number of pyridine rings is 1. The van der Waals surface area contributed by atoms with E-state index >= 15 is 0 Å². The van der Waals surface area contributed by atoms with E-state index in [1.165, 1.54) is 11.0 Å². The molecule has 0 saturated carbocycles. The van der Waals surface area contributed by atoms with Crippen LogP contribution in [0.25, 0.3) is 11.3 Å². The number of benzene rings is 1. The van der Waals surface area contributed by atoms with E-state index in [0.717, 1.165) is 36.6 Å². The van der Waals surface area contributed by atoms with E-state index in [4.69, 9.17) is 16.6 Å². The number of amides is 2. The second kappa shape index (κ2) is 12.4. The number of likely N-dealkylation sites (N-methyl/N-ethyl adjacent to an activating group) is 1. The number of aromatic nitrogens is 6. The fourth-order valence-corrected chi connectivity index (χ4v) is 5.91. The van der Waals surface area contributed by atoms with Gasteiger partial charge in [0.1, 0.15) is 11.9 Å². The first-order valence-corrected chi connectivity index (χ1v) is 15.2. The van der Waals surface area contributed by atoms with Crippen molar-refractivity contribution in [1.29, 1.82) is 0 Å². The molecule has 0 spiro atoms. The SMILES string of the molecule is C[C@H](C(=O)N[C@H](C)c1cccc(N2CC[C@@H](N(C)C)C2)n1)N1Cc2ccc(-c3nc(Nc4cnn(C)n4)ncc3Cl)cc2C1=O. The Morgan fingerprint density at radius 1 is 1.13 bits per heavy atom. The molecule has 1 saturated heterocycles. The lowest BCUT2D eigenvalue weighted by Crippen LogP contribution is -2.46. The second-order valence-electron chi connectivity index (χ2n) is 11.7. The number of hydrogen-bond donors (Lipinski definition) is 2. The van der Waals surface area contributed by atoms with Crippen LogP contribution in [0, 0.1) is 0 Å². The van der Waals surface area contributed by atoms with Crippen LogP contribution in [0.4, 0.5) is 17.6 Å². The summed E-state index contributed by atoms with van der Waals surface area (Å²) in [5, 5.41) is 14.6. The molecule has 13 nitrogen and oxygen atoms in total. The number of carbonyl (C=O) groups excluding carboxylic acids is 2. The highest BCUT2D eigenvalue weighted by Crippen LogP contribution is 2.32. The Bertz CT molecular complexity index is 1740. The molecule has 3 aromatic heterocycles. The lowest BCUT2D eigenvalue weighted by molar-refractivity contribution is -0.125. The van der Waals surface area contributed by atoms with Crippen molar-refractivity contribution in [3.63, 3.8) is 0 Å². The van der Waals surface area contributed by atoms with Crippen molar-refractivity contribution in [2.45, 2.75) is 44.9 Å². The first-order valence-electron chi connectivity index (χ1n) is 14.9. The first kappa shape index (κ1) is 30.4. The monoisotopic (exact) mass is 629 g/mol. The summed E-state index contributed by atoms with van der Waals surface area (Å²) >= 11 is 6.47. The average Bonchev–Trinajstić information content (AvgIpc) is 3.77. The third-order valence-electron chi connectivity index (χ3n) is 8.42. The molecule has 1 aromatic carbocycles. The van der Waals surface area contributed by atoms with Gasteiger partial charge in [0.05, 0.1) is 34.8 Å². The summed E-state index contributed by atoms with van der Waals surface area (Å²) in [5.41, 5.74) is 3.24. The van der Waals surface area contributed by atoms with Crippen molar-refractivity contribution in [2.24, 2.45) is 7.05 Å². The van der Waals surface area contributed by atoms with Crippen molar-refractivity contribution in [1.82, 2.24) is 45.1 Å². The van der Waals surface area contributed by atoms with Gasteiger partial charge < -0.3 is 25.3 Å². The summed E-state index contributed by atoms with van der Waals surface area (Å²) < 4.78 is 0. The molecule has 6 rings (SSSR count). The topological polar surface area (TPSA) is 137 Å². The van der Waals surface area contributed by atoms with Crippen LogP contribution in [0.1, 0.15) is 47.9 Å². The summed E-state index contributed by atoms with van der Waals surface area (Å²) in [6, 6.07) is 10.9. The molecule has 2 N–H and O–H groups in total. The van der Waals surface area contributed by atoms with Gasteiger partial charge in [-0.2, -0.15) is 9.90 Å². The predicted molar refractivity (Wildman–Crippen MR) is 171 cm³/mol. The molecule has 14 heteroatoms. The summed E-state index contributed by atoms with van der Waals surface area (Å²) in [6.45, 7) is 5.85. The van der Waals surface area contributed by atoms with E-state index in [-0.39, 0.29) is 17.9 Å². The van der Waals surface area contributed by atoms with Crippen molar-refractivity contribution in [2.75, 3.05) is 37.4 Å². The van der Waals surface area contributed by atoms with Gasteiger partial charge in [0.2, 0.25) is 11.9 Å². The maximum Gasteiger partial charge on any atom is 0.255 e. The van der Waals surface area contributed by atoms with Crippen LogP contribution in [0.15, 0.2) is 48.8 Å². The standard InChI is InChI=1S/C31H36ClN11O2/c1-18(25-7-6-8-27(36-25)42-12-11-22(17-42)40(3)4)35-29(44)19(2)43-16-21-10-9-20(13-23(21)30(43)45)28-24(32)14-33-31(38-28)37-26-15-34-41(5)39-26/h6-10,13-15,18-19,22H,11-12,16-17H2,1-5H3,(H,35,44)(H,33,37,38,39)/t18-,19-,22-/m1/s1. The molecular weight excluding hydrogens is 594 g/mol. The fourth-order valence-electron chi connectivity index (χ4n) is 5.71. The van der Waals surface area contributed by atoms with Gasteiger partial charge in [0.15, 0.2) is 5.82 Å². The number of aryl methyl sites for hydroxylation is 1. The Hall–Kier alpha value is -4.62. The minimum Gasteiger partial charge on any atom is -0.355 e. The zero-order chi connectivity index (χ0) is 31.8. The lowest BCUT2D eigenvalue weighted by Gasteiger charge is -2.26. The molecule has 0 bridgehead atoms. The zero-order valence-electron chi connectivity index (χ0n) is 25.9. The molecule has 4 aromatic rings. The predicted octanol–water partition coefficient (Wildman–Crippen LogP) is 3.43. The fraction of sp³-hybridized carbons (Fsp3) is 0.387.